The van der Waals surface area contributed by atoms with Gasteiger partial charge in [0.2, 0.25) is 0 Å². The molecule has 2 aromatic carbocycles. The Bertz CT molecular complexity index is 584. The number of hydrogen-bond donors (Lipinski definition) is 1. The number of fused-ring (bicyclic) bond motifs is 1. The summed E-state index contributed by atoms with van der Waals surface area (Å²) in [5, 5.41) is 9.24. The molecule has 0 amide bonds. The third-order valence-electron chi connectivity index (χ3n) is 3.54. The van der Waals surface area contributed by atoms with E-state index < -0.39 is 0 Å². The third kappa shape index (κ3) is 1.90. The van der Waals surface area contributed by atoms with E-state index in [1.54, 1.807) is 12.1 Å². The summed E-state index contributed by atoms with van der Waals surface area (Å²) < 4.78 is 0. The predicted octanol–water partition coefficient (Wildman–Crippen LogP) is 2.99. The Balaban J connectivity index is 1.81. The van der Waals surface area contributed by atoms with Crippen LogP contribution in [0.1, 0.15) is 21.5 Å². The van der Waals surface area contributed by atoms with Crippen molar-refractivity contribution in [2.24, 2.45) is 5.92 Å². The van der Waals surface area contributed by atoms with Crippen LogP contribution < -0.4 is 0 Å². The first-order valence-corrected chi connectivity index (χ1v) is 6.14. The molecule has 0 radical (unpaired) electrons. The van der Waals surface area contributed by atoms with E-state index in [0.717, 1.165) is 29.5 Å². The smallest absolute Gasteiger partial charge is 0.166 e. The molecule has 3 rings (SSSR count). The van der Waals surface area contributed by atoms with Gasteiger partial charge < -0.3 is 5.11 Å². The van der Waals surface area contributed by atoms with Gasteiger partial charge in [-0.3, -0.25) is 4.79 Å². The quantitative estimate of drug-likeness (QED) is 0.873. The van der Waals surface area contributed by atoms with E-state index in [4.69, 9.17) is 0 Å². The molecule has 0 aromatic heterocycles. The first-order valence-electron chi connectivity index (χ1n) is 6.14. The van der Waals surface area contributed by atoms with Gasteiger partial charge in [0, 0.05) is 11.5 Å². The minimum Gasteiger partial charge on any atom is -0.508 e. The van der Waals surface area contributed by atoms with Crippen molar-refractivity contribution in [3.05, 3.63) is 65.2 Å². The van der Waals surface area contributed by atoms with Gasteiger partial charge in [-0.15, -0.1) is 0 Å². The molecule has 1 aliphatic carbocycles. The first-order chi connectivity index (χ1) is 8.74. The first kappa shape index (κ1) is 11.0. The molecule has 0 fully saturated rings. The fourth-order valence-electron chi connectivity index (χ4n) is 2.60. The Kier molecular flexibility index (Phi) is 2.63. The van der Waals surface area contributed by atoms with Crippen LogP contribution >= 0.6 is 0 Å². The Morgan fingerprint density at radius 2 is 1.78 bits per heavy atom. The number of Topliss-reactive ketones (excluding diaryl/α,β-unsaturated/α-hetero) is 1. The van der Waals surface area contributed by atoms with Gasteiger partial charge >= 0.3 is 0 Å². The van der Waals surface area contributed by atoms with Gasteiger partial charge in [-0.1, -0.05) is 36.4 Å². The molecular formula is C16H14O2. The van der Waals surface area contributed by atoms with Crippen LogP contribution in [0.2, 0.25) is 0 Å². The van der Waals surface area contributed by atoms with Crippen molar-refractivity contribution in [1.82, 2.24) is 0 Å². The van der Waals surface area contributed by atoms with Crippen molar-refractivity contribution in [2.75, 3.05) is 0 Å². The SMILES string of the molecule is O=C1c2ccccc2CC1Cc1ccc(O)cc1. The average molecular weight is 238 g/mol. The molecule has 0 saturated heterocycles. The predicted molar refractivity (Wildman–Crippen MR) is 69.8 cm³/mol. The Hall–Kier alpha value is -2.09. The van der Waals surface area contributed by atoms with Crippen LogP contribution in [-0.2, 0) is 12.8 Å². The van der Waals surface area contributed by atoms with E-state index in [0.29, 0.717) is 0 Å². The number of aromatic hydroxyl groups is 1. The zero-order valence-corrected chi connectivity index (χ0v) is 9.97. The zero-order chi connectivity index (χ0) is 12.5. The summed E-state index contributed by atoms with van der Waals surface area (Å²) in [6.07, 6.45) is 1.57. The highest BCUT2D eigenvalue weighted by Crippen LogP contribution is 2.29. The summed E-state index contributed by atoms with van der Waals surface area (Å²) >= 11 is 0. The molecule has 0 saturated carbocycles. The van der Waals surface area contributed by atoms with Gasteiger partial charge in [0.05, 0.1) is 0 Å². The van der Waals surface area contributed by atoms with Crippen molar-refractivity contribution in [3.8, 4) is 5.75 Å². The topological polar surface area (TPSA) is 37.3 Å². The third-order valence-corrected chi connectivity index (χ3v) is 3.54. The maximum absolute atomic E-state index is 12.2. The van der Waals surface area contributed by atoms with Crippen LogP contribution in [0.5, 0.6) is 5.75 Å². The molecule has 0 aliphatic heterocycles. The molecule has 1 N–H and O–H groups in total. The standard InChI is InChI=1S/C16H14O2/c17-14-7-5-11(6-8-14)9-13-10-12-3-1-2-4-15(12)16(13)18/h1-8,13,17H,9-10H2. The lowest BCUT2D eigenvalue weighted by Crippen LogP contribution is -2.12. The molecule has 90 valence electrons. The highest BCUT2D eigenvalue weighted by Gasteiger charge is 2.29. The normalized spacial score (nSPS) is 17.8. The van der Waals surface area contributed by atoms with Crippen LogP contribution in [0, 0.1) is 5.92 Å². The maximum atomic E-state index is 12.2. The molecule has 1 atom stereocenters. The van der Waals surface area contributed by atoms with E-state index in [9.17, 15) is 9.90 Å². The van der Waals surface area contributed by atoms with Gasteiger partial charge in [0.25, 0.3) is 0 Å². The fourth-order valence-corrected chi connectivity index (χ4v) is 2.60. The van der Waals surface area contributed by atoms with Gasteiger partial charge in [0.1, 0.15) is 5.75 Å². The van der Waals surface area contributed by atoms with Crippen molar-refractivity contribution in [3.63, 3.8) is 0 Å². The van der Waals surface area contributed by atoms with Crippen molar-refractivity contribution >= 4 is 5.78 Å². The summed E-state index contributed by atoms with van der Waals surface area (Å²) in [5.74, 6) is 0.561. The Morgan fingerprint density at radius 3 is 2.50 bits per heavy atom. The summed E-state index contributed by atoms with van der Waals surface area (Å²) in [5.41, 5.74) is 3.13. The second-order valence-electron chi connectivity index (χ2n) is 4.79. The lowest BCUT2D eigenvalue weighted by molar-refractivity contribution is 0.0936. The number of benzene rings is 2. The zero-order valence-electron chi connectivity index (χ0n) is 9.97. The highest BCUT2D eigenvalue weighted by molar-refractivity contribution is 6.02. The van der Waals surface area contributed by atoms with Gasteiger partial charge in [-0.05, 0) is 36.1 Å². The summed E-state index contributed by atoms with van der Waals surface area (Å²) in [6.45, 7) is 0. The lowest BCUT2D eigenvalue weighted by atomic mass is 9.96. The largest absolute Gasteiger partial charge is 0.508 e. The summed E-state index contributed by atoms with van der Waals surface area (Å²) in [4.78, 5) is 12.2. The summed E-state index contributed by atoms with van der Waals surface area (Å²) in [6, 6.07) is 14.9. The number of ketones is 1. The van der Waals surface area contributed by atoms with E-state index in [1.807, 2.05) is 36.4 Å². The van der Waals surface area contributed by atoms with E-state index in [1.165, 1.54) is 0 Å². The van der Waals surface area contributed by atoms with Crippen molar-refractivity contribution in [1.29, 1.82) is 0 Å². The molecule has 0 heterocycles. The van der Waals surface area contributed by atoms with Gasteiger partial charge in [-0.25, -0.2) is 0 Å². The number of rotatable bonds is 2. The van der Waals surface area contributed by atoms with Crippen LogP contribution in [0.4, 0.5) is 0 Å². The molecular weight excluding hydrogens is 224 g/mol. The number of phenols is 1. The minimum absolute atomic E-state index is 0.0481. The fraction of sp³-hybridized carbons (Fsp3) is 0.188. The molecule has 2 nitrogen and oxygen atoms in total. The highest BCUT2D eigenvalue weighted by atomic mass is 16.3. The van der Waals surface area contributed by atoms with Crippen LogP contribution in [0.3, 0.4) is 0 Å². The lowest BCUT2D eigenvalue weighted by Gasteiger charge is -2.07. The Morgan fingerprint density at radius 1 is 1.06 bits per heavy atom. The van der Waals surface area contributed by atoms with Crippen LogP contribution in [0.15, 0.2) is 48.5 Å². The van der Waals surface area contributed by atoms with Crippen molar-refractivity contribution < 1.29 is 9.90 Å². The summed E-state index contributed by atoms with van der Waals surface area (Å²) in [7, 11) is 0. The second-order valence-corrected chi connectivity index (χ2v) is 4.79. The average Bonchev–Trinajstić information content (AvgIpc) is 2.70. The molecule has 1 aliphatic rings. The second kappa shape index (κ2) is 4.30. The molecule has 1 unspecified atom stereocenters. The maximum Gasteiger partial charge on any atom is 0.166 e. The number of carbonyl (C=O) groups is 1. The number of phenolic OH excluding ortho intramolecular Hbond substituents is 1. The molecule has 2 heteroatoms. The Labute approximate surface area is 106 Å². The van der Waals surface area contributed by atoms with E-state index >= 15 is 0 Å². The molecule has 18 heavy (non-hydrogen) atoms. The van der Waals surface area contributed by atoms with Gasteiger partial charge in [0.15, 0.2) is 5.78 Å². The van der Waals surface area contributed by atoms with E-state index in [-0.39, 0.29) is 17.5 Å². The van der Waals surface area contributed by atoms with Crippen LogP contribution in [0.25, 0.3) is 0 Å². The number of carbonyl (C=O) groups excluding carboxylic acids is 1. The van der Waals surface area contributed by atoms with Crippen molar-refractivity contribution in [2.45, 2.75) is 12.8 Å². The number of hydrogen-bond acceptors (Lipinski definition) is 2. The molecule has 0 bridgehead atoms. The minimum atomic E-state index is 0.0481. The molecule has 2 aromatic rings. The van der Waals surface area contributed by atoms with E-state index in [2.05, 4.69) is 0 Å². The molecule has 0 spiro atoms. The monoisotopic (exact) mass is 238 g/mol. The van der Waals surface area contributed by atoms with Gasteiger partial charge in [-0.2, -0.15) is 0 Å². The van der Waals surface area contributed by atoms with Crippen LogP contribution in [-0.4, -0.2) is 10.9 Å².